The summed E-state index contributed by atoms with van der Waals surface area (Å²) in [6.45, 7) is 0. The van der Waals surface area contributed by atoms with Crippen LogP contribution in [-0.4, -0.2) is 10.6 Å². The van der Waals surface area contributed by atoms with Crippen LogP contribution in [0.25, 0.3) is 0 Å². The van der Waals surface area contributed by atoms with E-state index in [4.69, 9.17) is 23.2 Å². The van der Waals surface area contributed by atoms with Crippen LogP contribution < -0.4 is 0 Å². The predicted octanol–water partition coefficient (Wildman–Crippen LogP) is 4.28. The van der Waals surface area contributed by atoms with Gasteiger partial charge < -0.3 is 0 Å². The fourth-order valence-electron chi connectivity index (χ4n) is 1.63. The van der Waals surface area contributed by atoms with Crippen LogP contribution >= 0.6 is 39.1 Å². The monoisotopic (exact) mass is 320 g/mol. The van der Waals surface area contributed by atoms with Crippen molar-refractivity contribution in [1.29, 1.82) is 0 Å². The Labute approximate surface area is 113 Å². The molecule has 16 heavy (non-hydrogen) atoms. The molecule has 86 valence electrons. The molecule has 0 radical (unpaired) electrons. The highest BCUT2D eigenvalue weighted by molar-refractivity contribution is 9.10. The molecule has 1 atom stereocenters. The lowest BCUT2D eigenvalue weighted by molar-refractivity contribution is -0.119. The number of alkyl halides is 1. The van der Waals surface area contributed by atoms with E-state index in [1.165, 1.54) is 0 Å². The van der Waals surface area contributed by atoms with E-state index in [0.717, 1.165) is 18.4 Å². The van der Waals surface area contributed by atoms with Crippen LogP contribution in [0.1, 0.15) is 18.4 Å². The first-order chi connectivity index (χ1) is 7.59. The second-order valence-corrected chi connectivity index (χ2v) is 5.97. The molecule has 1 saturated carbocycles. The molecule has 0 heterocycles. The maximum atomic E-state index is 11.8. The summed E-state index contributed by atoms with van der Waals surface area (Å²) in [7, 11) is 0. The molecule has 1 aromatic rings. The maximum absolute atomic E-state index is 11.8. The standard InChI is InChI=1S/C12H11BrCl2O/c13-9(12(16)7-4-5-7)6-8-10(14)2-1-3-11(8)15/h1-3,7,9H,4-6H2. The number of benzene rings is 1. The molecule has 4 heteroatoms. The first-order valence-corrected chi connectivity index (χ1v) is 6.87. The van der Waals surface area contributed by atoms with Crippen molar-refractivity contribution < 1.29 is 4.79 Å². The Balaban J connectivity index is 2.10. The summed E-state index contributed by atoms with van der Waals surface area (Å²) >= 11 is 15.5. The minimum absolute atomic E-state index is 0.169. The number of carbonyl (C=O) groups is 1. The van der Waals surface area contributed by atoms with Crippen molar-refractivity contribution in [1.82, 2.24) is 0 Å². The third kappa shape index (κ3) is 2.79. The predicted molar refractivity (Wildman–Crippen MR) is 70.6 cm³/mol. The molecule has 0 N–H and O–H groups in total. The van der Waals surface area contributed by atoms with Gasteiger partial charge >= 0.3 is 0 Å². The third-order valence-electron chi connectivity index (χ3n) is 2.73. The molecule has 1 fully saturated rings. The first-order valence-electron chi connectivity index (χ1n) is 5.20. The molecular formula is C12H11BrCl2O. The largest absolute Gasteiger partial charge is 0.298 e. The van der Waals surface area contributed by atoms with Gasteiger partial charge in [-0.3, -0.25) is 4.79 Å². The molecule has 0 aromatic heterocycles. The summed E-state index contributed by atoms with van der Waals surface area (Å²) in [6, 6.07) is 5.40. The zero-order chi connectivity index (χ0) is 11.7. The molecule has 0 saturated heterocycles. The van der Waals surface area contributed by atoms with Gasteiger partial charge in [-0.05, 0) is 37.0 Å². The third-order valence-corrected chi connectivity index (χ3v) is 4.22. The molecule has 1 nitrogen and oxygen atoms in total. The fraction of sp³-hybridized carbons (Fsp3) is 0.417. The molecule has 0 spiro atoms. The van der Waals surface area contributed by atoms with Gasteiger partial charge in [0.05, 0.1) is 4.83 Å². The van der Waals surface area contributed by atoms with E-state index in [2.05, 4.69) is 15.9 Å². The zero-order valence-corrected chi connectivity index (χ0v) is 11.6. The fourth-order valence-corrected chi connectivity index (χ4v) is 2.88. The van der Waals surface area contributed by atoms with E-state index in [-0.39, 0.29) is 16.5 Å². The normalized spacial score (nSPS) is 17.2. The van der Waals surface area contributed by atoms with Gasteiger partial charge in [0.25, 0.3) is 0 Å². The molecule has 1 aromatic carbocycles. The first kappa shape index (κ1) is 12.4. The second kappa shape index (κ2) is 5.07. The summed E-state index contributed by atoms with van der Waals surface area (Å²) in [4.78, 5) is 11.6. The second-order valence-electron chi connectivity index (χ2n) is 4.05. The highest BCUT2D eigenvalue weighted by Crippen LogP contribution is 2.35. The van der Waals surface area contributed by atoms with E-state index >= 15 is 0 Å². The van der Waals surface area contributed by atoms with Crippen molar-refractivity contribution in [2.24, 2.45) is 5.92 Å². The topological polar surface area (TPSA) is 17.1 Å². The van der Waals surface area contributed by atoms with Crippen LogP contribution in [0.3, 0.4) is 0 Å². The molecule has 0 aliphatic heterocycles. The highest BCUT2D eigenvalue weighted by atomic mass is 79.9. The summed E-state index contributed by atoms with van der Waals surface area (Å²) in [6.07, 6.45) is 2.61. The van der Waals surface area contributed by atoms with Crippen LogP contribution in [0.15, 0.2) is 18.2 Å². The molecule has 0 bridgehead atoms. The van der Waals surface area contributed by atoms with Gasteiger partial charge in [-0.25, -0.2) is 0 Å². The number of hydrogen-bond donors (Lipinski definition) is 0. The Morgan fingerprint density at radius 3 is 2.44 bits per heavy atom. The van der Waals surface area contributed by atoms with Crippen molar-refractivity contribution in [3.8, 4) is 0 Å². The van der Waals surface area contributed by atoms with Crippen LogP contribution in [0.5, 0.6) is 0 Å². The smallest absolute Gasteiger partial charge is 0.149 e. The summed E-state index contributed by atoms with van der Waals surface area (Å²) in [5, 5.41) is 1.25. The average molecular weight is 322 g/mol. The average Bonchev–Trinajstić information content (AvgIpc) is 3.06. The van der Waals surface area contributed by atoms with Gasteiger partial charge in [0.15, 0.2) is 0 Å². The van der Waals surface area contributed by atoms with Crippen molar-refractivity contribution in [3.63, 3.8) is 0 Å². The molecule has 1 aliphatic rings. The summed E-state index contributed by atoms with van der Waals surface area (Å²) < 4.78 is 0. The number of Topliss-reactive ketones (excluding diaryl/α,β-unsaturated/α-hetero) is 1. The van der Waals surface area contributed by atoms with Gasteiger partial charge in [0.1, 0.15) is 5.78 Å². The number of halogens is 3. The summed E-state index contributed by atoms with van der Waals surface area (Å²) in [5.41, 5.74) is 0.849. The summed E-state index contributed by atoms with van der Waals surface area (Å²) in [5.74, 6) is 0.529. The number of ketones is 1. The van der Waals surface area contributed by atoms with Crippen LogP contribution in [-0.2, 0) is 11.2 Å². The Bertz CT molecular complexity index is 395. The van der Waals surface area contributed by atoms with Crippen LogP contribution in [0.4, 0.5) is 0 Å². The lowest BCUT2D eigenvalue weighted by Gasteiger charge is -2.11. The van der Waals surface area contributed by atoms with E-state index in [1.54, 1.807) is 18.2 Å². The molecule has 2 rings (SSSR count). The van der Waals surface area contributed by atoms with E-state index in [1.807, 2.05) is 0 Å². The van der Waals surface area contributed by atoms with Gasteiger partial charge in [-0.1, -0.05) is 45.2 Å². The number of hydrogen-bond acceptors (Lipinski definition) is 1. The lowest BCUT2D eigenvalue weighted by Crippen LogP contribution is -2.18. The van der Waals surface area contributed by atoms with Gasteiger partial charge in [0, 0.05) is 16.0 Å². The highest BCUT2D eigenvalue weighted by Gasteiger charge is 2.33. The van der Waals surface area contributed by atoms with Gasteiger partial charge in [-0.15, -0.1) is 0 Å². The lowest BCUT2D eigenvalue weighted by atomic mass is 10.1. The maximum Gasteiger partial charge on any atom is 0.149 e. The van der Waals surface area contributed by atoms with Crippen LogP contribution in [0.2, 0.25) is 10.0 Å². The Morgan fingerprint density at radius 1 is 1.38 bits per heavy atom. The van der Waals surface area contributed by atoms with Crippen LogP contribution in [0, 0.1) is 5.92 Å². The quantitative estimate of drug-likeness (QED) is 0.756. The number of carbonyl (C=O) groups excluding carboxylic acids is 1. The van der Waals surface area contributed by atoms with Crippen molar-refractivity contribution in [2.45, 2.75) is 24.1 Å². The SMILES string of the molecule is O=C(C(Br)Cc1c(Cl)cccc1Cl)C1CC1. The Morgan fingerprint density at radius 2 is 1.94 bits per heavy atom. The van der Waals surface area contributed by atoms with E-state index in [0.29, 0.717) is 16.5 Å². The Hall–Kier alpha value is -0.0500. The zero-order valence-electron chi connectivity index (χ0n) is 8.55. The van der Waals surface area contributed by atoms with Crippen molar-refractivity contribution in [2.75, 3.05) is 0 Å². The van der Waals surface area contributed by atoms with Crippen molar-refractivity contribution in [3.05, 3.63) is 33.8 Å². The van der Waals surface area contributed by atoms with E-state index < -0.39 is 0 Å². The van der Waals surface area contributed by atoms with Gasteiger partial charge in [-0.2, -0.15) is 0 Å². The minimum Gasteiger partial charge on any atom is -0.298 e. The number of rotatable bonds is 4. The molecule has 1 unspecified atom stereocenters. The molecule has 0 amide bonds. The van der Waals surface area contributed by atoms with Gasteiger partial charge in [0.2, 0.25) is 0 Å². The Kier molecular flexibility index (Phi) is 3.93. The molecular weight excluding hydrogens is 311 g/mol. The molecule has 1 aliphatic carbocycles. The van der Waals surface area contributed by atoms with Crippen molar-refractivity contribution >= 4 is 44.9 Å². The van der Waals surface area contributed by atoms with E-state index in [9.17, 15) is 4.79 Å². The minimum atomic E-state index is -0.169.